The van der Waals surface area contributed by atoms with Crippen LogP contribution in [0.2, 0.25) is 0 Å². The van der Waals surface area contributed by atoms with Gasteiger partial charge < -0.3 is 10.4 Å². The first kappa shape index (κ1) is 17.8. The molecule has 2 aromatic carbocycles. The number of aliphatic hydroxyl groups is 1. The van der Waals surface area contributed by atoms with Crippen LogP contribution < -0.4 is 9.88 Å². The summed E-state index contributed by atoms with van der Waals surface area (Å²) in [6.07, 6.45) is 4.69. The van der Waals surface area contributed by atoms with Gasteiger partial charge in [-0.25, -0.2) is 0 Å². The molecule has 1 heterocycles. The van der Waals surface area contributed by atoms with Crippen molar-refractivity contribution < 1.29 is 9.67 Å². The second kappa shape index (κ2) is 8.41. The standard InChI is InChI=1S/C22H20N2OS/c1-2-17-11-13-18(14-12-17)21(25)20(24-15-7-4-8-16-24)22(26)23-19-9-5-3-6-10-19/h3-16H,2H2,1H3,(H-,23,25,26)/p+1. The molecule has 1 aromatic heterocycles. The summed E-state index contributed by atoms with van der Waals surface area (Å²) < 4.78 is 1.82. The molecule has 0 aliphatic carbocycles. The van der Waals surface area contributed by atoms with E-state index in [1.165, 1.54) is 5.56 Å². The summed E-state index contributed by atoms with van der Waals surface area (Å²) in [6, 6.07) is 23.3. The molecule has 3 rings (SSSR count). The quantitative estimate of drug-likeness (QED) is 0.295. The van der Waals surface area contributed by atoms with Gasteiger partial charge >= 0.3 is 0 Å². The van der Waals surface area contributed by atoms with E-state index < -0.39 is 0 Å². The summed E-state index contributed by atoms with van der Waals surface area (Å²) in [7, 11) is 0. The maximum Gasteiger partial charge on any atom is 0.288 e. The Labute approximate surface area is 159 Å². The Kier molecular flexibility index (Phi) is 5.77. The molecule has 3 aromatic rings. The van der Waals surface area contributed by atoms with Crippen LogP contribution in [-0.2, 0) is 6.42 Å². The molecule has 0 fully saturated rings. The minimum atomic E-state index is 0.136. The van der Waals surface area contributed by atoms with Crippen LogP contribution >= 0.6 is 12.2 Å². The van der Waals surface area contributed by atoms with Gasteiger partial charge in [-0.1, -0.05) is 67.7 Å². The van der Waals surface area contributed by atoms with Crippen molar-refractivity contribution in [3.05, 3.63) is 96.3 Å². The molecule has 0 radical (unpaired) electrons. The summed E-state index contributed by atoms with van der Waals surface area (Å²) in [6.45, 7) is 2.11. The Balaban J connectivity index is 2.03. The number of nitrogens with one attached hydrogen (secondary N) is 1. The molecule has 4 heteroatoms. The fraction of sp³-hybridized carbons (Fsp3) is 0.0909. The number of pyridine rings is 1. The molecule has 0 aliphatic heterocycles. The highest BCUT2D eigenvalue weighted by molar-refractivity contribution is 7.81. The molecular weight excluding hydrogens is 340 g/mol. The van der Waals surface area contributed by atoms with Crippen molar-refractivity contribution >= 4 is 34.3 Å². The second-order valence-corrected chi connectivity index (χ2v) is 6.26. The van der Waals surface area contributed by atoms with Crippen molar-refractivity contribution in [3.63, 3.8) is 0 Å². The number of thiocarbonyl (C=S) groups is 1. The fourth-order valence-electron chi connectivity index (χ4n) is 2.64. The molecular formula is C22H21N2OS+. The van der Waals surface area contributed by atoms with Crippen LogP contribution in [0.4, 0.5) is 5.69 Å². The van der Waals surface area contributed by atoms with E-state index in [1.54, 1.807) is 0 Å². The Hall–Kier alpha value is -2.98. The number of benzene rings is 2. The number of nitrogens with zero attached hydrogens (tertiary/aromatic N) is 1. The Morgan fingerprint density at radius 1 is 0.923 bits per heavy atom. The van der Waals surface area contributed by atoms with Crippen LogP contribution in [0, 0.1) is 0 Å². The lowest BCUT2D eigenvalue weighted by Crippen LogP contribution is -2.38. The first-order valence-corrected chi connectivity index (χ1v) is 8.95. The summed E-state index contributed by atoms with van der Waals surface area (Å²) in [5.41, 5.74) is 3.36. The smallest absolute Gasteiger partial charge is 0.288 e. The van der Waals surface area contributed by atoms with Crippen molar-refractivity contribution in [2.45, 2.75) is 13.3 Å². The zero-order valence-electron chi connectivity index (χ0n) is 14.6. The van der Waals surface area contributed by atoms with E-state index in [1.807, 2.05) is 89.8 Å². The van der Waals surface area contributed by atoms with Gasteiger partial charge in [0.2, 0.25) is 0 Å². The Morgan fingerprint density at radius 3 is 2.15 bits per heavy atom. The van der Waals surface area contributed by atoms with Crippen LogP contribution in [0.15, 0.2) is 85.2 Å². The van der Waals surface area contributed by atoms with Crippen LogP contribution in [0.5, 0.6) is 0 Å². The van der Waals surface area contributed by atoms with Gasteiger partial charge in [-0.15, -0.1) is 0 Å². The second-order valence-electron chi connectivity index (χ2n) is 5.85. The van der Waals surface area contributed by atoms with Crippen molar-refractivity contribution in [2.75, 3.05) is 5.32 Å². The average molecular weight is 361 g/mol. The minimum absolute atomic E-state index is 0.136. The topological polar surface area (TPSA) is 36.1 Å². The monoisotopic (exact) mass is 361 g/mol. The zero-order chi connectivity index (χ0) is 18.4. The summed E-state index contributed by atoms with van der Waals surface area (Å²) in [5, 5.41) is 14.2. The zero-order valence-corrected chi connectivity index (χ0v) is 15.4. The lowest BCUT2D eigenvalue weighted by molar-refractivity contribution is -0.575. The van der Waals surface area contributed by atoms with Gasteiger partial charge in [0.25, 0.3) is 5.70 Å². The van der Waals surface area contributed by atoms with Crippen LogP contribution in [-0.4, -0.2) is 10.1 Å². The van der Waals surface area contributed by atoms with E-state index in [0.29, 0.717) is 10.7 Å². The summed E-state index contributed by atoms with van der Waals surface area (Å²) in [4.78, 5) is 0.449. The number of hydrogen-bond acceptors (Lipinski definition) is 2. The van der Waals surface area contributed by atoms with E-state index in [4.69, 9.17) is 12.2 Å². The number of para-hydroxylation sites is 1. The van der Waals surface area contributed by atoms with Gasteiger partial charge in [-0.05, 0) is 24.1 Å². The lowest BCUT2D eigenvalue weighted by atomic mass is 10.1. The van der Waals surface area contributed by atoms with Gasteiger partial charge in [-0.2, -0.15) is 4.57 Å². The summed E-state index contributed by atoms with van der Waals surface area (Å²) >= 11 is 5.61. The van der Waals surface area contributed by atoms with Crippen LogP contribution in [0.25, 0.3) is 11.5 Å². The SMILES string of the molecule is CCc1ccc(C(O)=C(C(=S)Nc2ccccc2)[n+]2ccccc2)cc1. The molecule has 3 nitrogen and oxygen atoms in total. The number of aromatic nitrogens is 1. The van der Waals surface area contributed by atoms with Gasteiger partial charge in [0.15, 0.2) is 23.1 Å². The molecule has 0 saturated carbocycles. The van der Waals surface area contributed by atoms with Crippen LogP contribution in [0.3, 0.4) is 0 Å². The molecule has 0 atom stereocenters. The maximum atomic E-state index is 11.0. The van der Waals surface area contributed by atoms with Gasteiger partial charge in [0.1, 0.15) is 0 Å². The van der Waals surface area contributed by atoms with Crippen molar-refractivity contribution in [1.29, 1.82) is 0 Å². The molecule has 0 saturated heterocycles. The molecule has 0 bridgehead atoms. The van der Waals surface area contributed by atoms with E-state index >= 15 is 0 Å². The fourth-order valence-corrected chi connectivity index (χ4v) is 2.96. The number of aliphatic hydroxyl groups excluding tert-OH is 1. The normalized spacial score (nSPS) is 11.6. The number of anilines is 1. The molecule has 0 amide bonds. The predicted octanol–water partition coefficient (Wildman–Crippen LogP) is 4.86. The Bertz CT molecular complexity index is 904. The number of aryl methyl sites for hydroxylation is 1. The third-order valence-corrected chi connectivity index (χ3v) is 4.38. The Morgan fingerprint density at radius 2 is 1.54 bits per heavy atom. The molecule has 0 spiro atoms. The highest BCUT2D eigenvalue weighted by Crippen LogP contribution is 2.19. The minimum Gasteiger partial charge on any atom is -0.502 e. The molecule has 0 aliphatic rings. The first-order valence-electron chi connectivity index (χ1n) is 8.54. The van der Waals surface area contributed by atoms with Crippen LogP contribution in [0.1, 0.15) is 18.1 Å². The largest absolute Gasteiger partial charge is 0.502 e. The van der Waals surface area contributed by atoms with E-state index in [9.17, 15) is 5.11 Å². The highest BCUT2D eigenvalue weighted by Gasteiger charge is 2.23. The first-order chi connectivity index (χ1) is 12.7. The van der Waals surface area contributed by atoms with Gasteiger partial charge in [0.05, 0.1) is 0 Å². The predicted molar refractivity (Wildman–Crippen MR) is 111 cm³/mol. The number of hydrogen-bond donors (Lipinski definition) is 2. The third kappa shape index (κ3) is 4.16. The molecule has 130 valence electrons. The highest BCUT2D eigenvalue weighted by atomic mass is 32.1. The van der Waals surface area contributed by atoms with Crippen molar-refractivity contribution in [1.82, 2.24) is 0 Å². The van der Waals surface area contributed by atoms with E-state index in [-0.39, 0.29) is 5.76 Å². The third-order valence-electron chi connectivity index (χ3n) is 4.08. The molecule has 26 heavy (non-hydrogen) atoms. The van der Waals surface area contributed by atoms with Gasteiger partial charge in [-0.3, -0.25) is 0 Å². The van der Waals surface area contributed by atoms with Crippen molar-refractivity contribution in [3.8, 4) is 0 Å². The summed E-state index contributed by atoms with van der Waals surface area (Å²) in [5.74, 6) is 0.136. The lowest BCUT2D eigenvalue weighted by Gasteiger charge is -2.10. The molecule has 0 unspecified atom stereocenters. The number of rotatable bonds is 5. The van der Waals surface area contributed by atoms with E-state index in [2.05, 4.69) is 12.2 Å². The maximum absolute atomic E-state index is 11.0. The molecule has 2 N–H and O–H groups in total. The average Bonchev–Trinajstić information content (AvgIpc) is 2.70. The van der Waals surface area contributed by atoms with Gasteiger partial charge in [0, 0.05) is 23.4 Å². The van der Waals surface area contributed by atoms with Crippen molar-refractivity contribution in [2.24, 2.45) is 0 Å². The van der Waals surface area contributed by atoms with E-state index in [0.717, 1.165) is 17.7 Å².